The van der Waals surface area contributed by atoms with Gasteiger partial charge in [-0.1, -0.05) is 24.3 Å². The SMILES string of the molecule is O=C(O)CC(O)(C(=O)O)C(C(=O)O)c1cc2nncc-2cc2ccccc12. The number of aliphatic carboxylic acids is 3. The van der Waals surface area contributed by atoms with E-state index >= 15 is 0 Å². The number of hydrogen-bond acceptors (Lipinski definition) is 6. The second-order valence-electron chi connectivity index (χ2n) is 6.09. The summed E-state index contributed by atoms with van der Waals surface area (Å²) in [4.78, 5) is 34.8. The number of aliphatic hydroxyl groups is 1. The van der Waals surface area contributed by atoms with E-state index in [2.05, 4.69) is 10.2 Å². The molecule has 2 aliphatic rings. The number of carbonyl (C=O) groups is 3. The molecule has 0 amide bonds. The highest BCUT2D eigenvalue weighted by Crippen LogP contribution is 2.38. The average Bonchev–Trinajstić information content (AvgIpc) is 2.94. The topological polar surface area (TPSA) is 158 Å². The summed E-state index contributed by atoms with van der Waals surface area (Å²) in [6.07, 6.45) is 0.171. The Morgan fingerprint density at radius 2 is 1.78 bits per heavy atom. The Morgan fingerprint density at radius 3 is 2.41 bits per heavy atom. The van der Waals surface area contributed by atoms with Crippen LogP contribution in [0.15, 0.2) is 42.6 Å². The van der Waals surface area contributed by atoms with E-state index < -0.39 is 35.8 Å². The van der Waals surface area contributed by atoms with Gasteiger partial charge in [0, 0.05) is 5.56 Å². The Labute approximate surface area is 151 Å². The molecule has 1 aliphatic carbocycles. The lowest BCUT2D eigenvalue weighted by Crippen LogP contribution is -2.49. The molecule has 1 aliphatic heterocycles. The fraction of sp³-hybridized carbons (Fsp3) is 0.167. The highest BCUT2D eigenvalue weighted by Gasteiger charge is 2.51. The molecule has 0 aromatic heterocycles. The second kappa shape index (κ2) is 6.61. The van der Waals surface area contributed by atoms with Crippen molar-refractivity contribution in [2.24, 2.45) is 0 Å². The van der Waals surface area contributed by atoms with Crippen LogP contribution in [-0.2, 0) is 14.4 Å². The van der Waals surface area contributed by atoms with Gasteiger partial charge in [0.25, 0.3) is 0 Å². The first kappa shape index (κ1) is 18.2. The van der Waals surface area contributed by atoms with Crippen molar-refractivity contribution in [1.29, 1.82) is 0 Å². The van der Waals surface area contributed by atoms with Crippen molar-refractivity contribution in [2.75, 3.05) is 0 Å². The third kappa shape index (κ3) is 3.15. The van der Waals surface area contributed by atoms with Crippen LogP contribution in [0.4, 0.5) is 0 Å². The van der Waals surface area contributed by atoms with Crippen LogP contribution in [0.5, 0.6) is 0 Å². The van der Waals surface area contributed by atoms with Crippen molar-refractivity contribution in [1.82, 2.24) is 10.2 Å². The molecule has 0 radical (unpaired) electrons. The smallest absolute Gasteiger partial charge is 0.337 e. The van der Waals surface area contributed by atoms with Crippen LogP contribution in [0.2, 0.25) is 0 Å². The molecule has 0 saturated heterocycles. The molecule has 0 spiro atoms. The summed E-state index contributed by atoms with van der Waals surface area (Å²) < 4.78 is 0. The van der Waals surface area contributed by atoms with E-state index in [1.165, 1.54) is 12.3 Å². The van der Waals surface area contributed by atoms with Gasteiger partial charge in [-0.2, -0.15) is 10.2 Å². The van der Waals surface area contributed by atoms with E-state index in [9.17, 15) is 29.7 Å². The molecule has 0 saturated carbocycles. The Kier molecular flexibility index (Phi) is 4.46. The minimum absolute atomic E-state index is 0.0697. The predicted molar refractivity (Wildman–Crippen MR) is 91.4 cm³/mol. The van der Waals surface area contributed by atoms with Crippen LogP contribution in [0.3, 0.4) is 0 Å². The second-order valence-corrected chi connectivity index (χ2v) is 6.09. The Hall–Kier alpha value is -3.59. The largest absolute Gasteiger partial charge is 0.481 e. The predicted octanol–water partition coefficient (Wildman–Crippen LogP) is 1.19. The highest BCUT2D eigenvalue weighted by atomic mass is 16.4. The molecule has 1 aromatic rings. The highest BCUT2D eigenvalue weighted by molar-refractivity contribution is 5.98. The number of rotatable bonds is 6. The van der Waals surface area contributed by atoms with Gasteiger partial charge in [0.2, 0.25) is 0 Å². The zero-order chi connectivity index (χ0) is 19.8. The Balaban J connectivity index is 2.39. The monoisotopic (exact) mass is 370 g/mol. The number of nitrogens with zero attached hydrogens (tertiary/aromatic N) is 2. The molecule has 4 N–H and O–H groups in total. The quantitative estimate of drug-likeness (QED) is 0.500. The van der Waals surface area contributed by atoms with Gasteiger partial charge < -0.3 is 20.4 Å². The van der Waals surface area contributed by atoms with Crippen LogP contribution in [0, 0.1) is 0 Å². The first-order valence-corrected chi connectivity index (χ1v) is 7.78. The van der Waals surface area contributed by atoms with E-state index in [4.69, 9.17) is 5.11 Å². The van der Waals surface area contributed by atoms with Gasteiger partial charge in [0.15, 0.2) is 5.60 Å². The fourth-order valence-corrected chi connectivity index (χ4v) is 3.14. The van der Waals surface area contributed by atoms with Crippen LogP contribution in [-0.4, -0.2) is 54.1 Å². The van der Waals surface area contributed by atoms with Gasteiger partial charge in [-0.05, 0) is 28.5 Å². The summed E-state index contributed by atoms with van der Waals surface area (Å²) in [6.45, 7) is 0. The molecule has 2 atom stereocenters. The third-order valence-corrected chi connectivity index (χ3v) is 4.36. The van der Waals surface area contributed by atoms with Gasteiger partial charge in [0.1, 0.15) is 5.92 Å². The normalized spacial score (nSPS) is 14.6. The molecule has 27 heavy (non-hydrogen) atoms. The first-order chi connectivity index (χ1) is 12.7. The van der Waals surface area contributed by atoms with E-state index in [1.807, 2.05) is 0 Å². The maximum absolute atomic E-state index is 12.0. The zero-order valence-electron chi connectivity index (χ0n) is 13.7. The standard InChI is InChI=1S/C18H14N2O7/c21-14(22)7-18(27,17(25)26)15(16(23)24)12-6-13-10(8-19-20-13)5-9-3-1-2-4-11(9)12/h1-6,8,15,27H,7H2,(H,21,22)(H,23,24)(H,25,26). The van der Waals surface area contributed by atoms with Crippen molar-refractivity contribution in [3.05, 3.63) is 48.2 Å². The molecule has 1 heterocycles. The number of carboxylic acid groups (broad SMARTS) is 3. The molecule has 9 heteroatoms. The van der Waals surface area contributed by atoms with Gasteiger partial charge in [-0.15, -0.1) is 0 Å². The number of fused-ring (bicyclic) bond motifs is 2. The summed E-state index contributed by atoms with van der Waals surface area (Å²) in [5, 5.41) is 47.4. The van der Waals surface area contributed by atoms with Crippen LogP contribution in [0.25, 0.3) is 22.0 Å². The molecule has 1 aromatic carbocycles. The lowest BCUT2D eigenvalue weighted by Gasteiger charge is -2.29. The summed E-state index contributed by atoms with van der Waals surface area (Å²) in [7, 11) is 0. The maximum Gasteiger partial charge on any atom is 0.337 e. The van der Waals surface area contributed by atoms with Crippen LogP contribution >= 0.6 is 0 Å². The molecule has 0 bridgehead atoms. The van der Waals surface area contributed by atoms with E-state index in [-0.39, 0.29) is 11.3 Å². The van der Waals surface area contributed by atoms with Gasteiger partial charge in [0.05, 0.1) is 18.3 Å². The lowest BCUT2D eigenvalue weighted by atomic mass is 9.78. The van der Waals surface area contributed by atoms with Crippen molar-refractivity contribution in [2.45, 2.75) is 17.9 Å². The van der Waals surface area contributed by atoms with Gasteiger partial charge in [-0.25, -0.2) is 4.79 Å². The Morgan fingerprint density at radius 1 is 1.07 bits per heavy atom. The molecule has 138 valence electrons. The van der Waals surface area contributed by atoms with E-state index in [0.29, 0.717) is 16.3 Å². The molecule has 3 rings (SSSR count). The van der Waals surface area contributed by atoms with Crippen LogP contribution in [0.1, 0.15) is 17.9 Å². The fourth-order valence-electron chi connectivity index (χ4n) is 3.14. The number of carboxylic acids is 3. The van der Waals surface area contributed by atoms with Crippen molar-refractivity contribution in [3.8, 4) is 11.3 Å². The van der Waals surface area contributed by atoms with Crippen molar-refractivity contribution >= 4 is 28.7 Å². The number of aromatic nitrogens is 2. The van der Waals surface area contributed by atoms with Crippen LogP contribution < -0.4 is 0 Å². The summed E-state index contributed by atoms with van der Waals surface area (Å²) in [5.74, 6) is -7.32. The zero-order valence-corrected chi connectivity index (χ0v) is 13.7. The third-order valence-electron chi connectivity index (χ3n) is 4.36. The molecular formula is C18H14N2O7. The van der Waals surface area contributed by atoms with Gasteiger partial charge in [-0.3, -0.25) is 9.59 Å². The Bertz CT molecular complexity index is 1040. The minimum atomic E-state index is -3.07. The maximum atomic E-state index is 12.0. The molecule has 0 fully saturated rings. The summed E-state index contributed by atoms with van der Waals surface area (Å²) in [6, 6.07) is 9.59. The summed E-state index contributed by atoms with van der Waals surface area (Å²) in [5.41, 5.74) is -2.27. The molecule has 2 unspecified atom stereocenters. The lowest BCUT2D eigenvalue weighted by molar-refractivity contribution is -0.173. The number of hydrogen-bond donors (Lipinski definition) is 4. The van der Waals surface area contributed by atoms with E-state index in [0.717, 1.165) is 0 Å². The van der Waals surface area contributed by atoms with Gasteiger partial charge >= 0.3 is 17.9 Å². The average molecular weight is 370 g/mol. The van der Waals surface area contributed by atoms with Crippen molar-refractivity contribution < 1.29 is 34.8 Å². The minimum Gasteiger partial charge on any atom is -0.481 e. The number of benzene rings is 1. The molecule has 9 nitrogen and oxygen atoms in total. The van der Waals surface area contributed by atoms with E-state index in [1.54, 1.807) is 30.3 Å². The summed E-state index contributed by atoms with van der Waals surface area (Å²) >= 11 is 0. The van der Waals surface area contributed by atoms with Crippen molar-refractivity contribution in [3.63, 3.8) is 0 Å². The molecular weight excluding hydrogens is 356 g/mol. The first-order valence-electron chi connectivity index (χ1n) is 7.78.